The van der Waals surface area contributed by atoms with Crippen LogP contribution < -0.4 is 5.32 Å². The Kier molecular flexibility index (Phi) is 7.32. The molecule has 2 atom stereocenters. The Balaban J connectivity index is 2.24. The normalized spacial score (nSPS) is 22.4. The fraction of sp³-hybridized carbons (Fsp3) is 0.867. The second kappa shape index (κ2) is 8.55. The van der Waals surface area contributed by atoms with Gasteiger partial charge in [-0.3, -0.25) is 4.90 Å². The van der Waals surface area contributed by atoms with E-state index in [9.17, 15) is 0 Å². The molecule has 17 heavy (non-hydrogen) atoms. The van der Waals surface area contributed by atoms with E-state index in [1.165, 1.54) is 38.8 Å². The summed E-state index contributed by atoms with van der Waals surface area (Å²) < 4.78 is 0. The van der Waals surface area contributed by atoms with E-state index in [1.807, 2.05) is 0 Å². The molecular formula is C15H28N2. The van der Waals surface area contributed by atoms with Crippen LogP contribution in [0.3, 0.4) is 0 Å². The highest BCUT2D eigenvalue weighted by molar-refractivity contribution is 4.88. The molecule has 2 heteroatoms. The summed E-state index contributed by atoms with van der Waals surface area (Å²) in [7, 11) is 0. The van der Waals surface area contributed by atoms with Crippen LogP contribution in [0.1, 0.15) is 39.5 Å². The standard InChI is InChI=1S/C15H28N2/c1-4-10-17(11-5-2)12-8-14(3)15-7-6-9-16-13-15/h1,14-16H,5-13H2,2-3H3. The van der Waals surface area contributed by atoms with Crippen molar-refractivity contribution < 1.29 is 0 Å². The van der Waals surface area contributed by atoms with Gasteiger partial charge in [0, 0.05) is 0 Å². The van der Waals surface area contributed by atoms with Crippen molar-refractivity contribution in [2.75, 3.05) is 32.7 Å². The molecule has 0 radical (unpaired) electrons. The van der Waals surface area contributed by atoms with E-state index >= 15 is 0 Å². The number of nitrogens with zero attached hydrogens (tertiary/aromatic N) is 1. The van der Waals surface area contributed by atoms with E-state index in [-0.39, 0.29) is 0 Å². The van der Waals surface area contributed by atoms with E-state index in [0.717, 1.165) is 31.5 Å². The van der Waals surface area contributed by atoms with Crippen LogP contribution in [0.25, 0.3) is 0 Å². The summed E-state index contributed by atoms with van der Waals surface area (Å²) >= 11 is 0. The van der Waals surface area contributed by atoms with Gasteiger partial charge in [-0.05, 0) is 63.7 Å². The predicted octanol–water partition coefficient (Wildman–Crippen LogP) is 2.36. The van der Waals surface area contributed by atoms with Gasteiger partial charge in [0.2, 0.25) is 0 Å². The van der Waals surface area contributed by atoms with Crippen molar-refractivity contribution in [3.63, 3.8) is 0 Å². The molecular weight excluding hydrogens is 208 g/mol. The van der Waals surface area contributed by atoms with Gasteiger partial charge in [0.1, 0.15) is 0 Å². The summed E-state index contributed by atoms with van der Waals surface area (Å²) in [5, 5.41) is 3.51. The third-order valence-corrected chi connectivity index (χ3v) is 3.90. The summed E-state index contributed by atoms with van der Waals surface area (Å²) in [5.41, 5.74) is 0. The minimum atomic E-state index is 0.809. The van der Waals surface area contributed by atoms with Gasteiger partial charge in [-0.2, -0.15) is 0 Å². The molecule has 1 saturated heterocycles. The minimum absolute atomic E-state index is 0.809. The van der Waals surface area contributed by atoms with Crippen molar-refractivity contribution in [2.24, 2.45) is 11.8 Å². The highest BCUT2D eigenvalue weighted by Crippen LogP contribution is 2.22. The maximum atomic E-state index is 5.41. The SMILES string of the molecule is C#CCN(CCC)CCC(C)C1CCCNC1. The molecule has 0 aromatic carbocycles. The summed E-state index contributed by atoms with van der Waals surface area (Å²) in [6.07, 6.45) is 10.6. The van der Waals surface area contributed by atoms with Gasteiger partial charge >= 0.3 is 0 Å². The lowest BCUT2D eigenvalue weighted by molar-refractivity contribution is 0.224. The Labute approximate surface area is 107 Å². The summed E-state index contributed by atoms with van der Waals surface area (Å²) in [6, 6.07) is 0. The third-order valence-electron chi connectivity index (χ3n) is 3.90. The van der Waals surface area contributed by atoms with Crippen LogP contribution >= 0.6 is 0 Å². The molecule has 0 amide bonds. The number of piperidine rings is 1. The first-order valence-electron chi connectivity index (χ1n) is 7.14. The van der Waals surface area contributed by atoms with Crippen LogP contribution in [0.2, 0.25) is 0 Å². The number of hydrogen-bond acceptors (Lipinski definition) is 2. The molecule has 0 aliphatic carbocycles. The number of rotatable bonds is 7. The summed E-state index contributed by atoms with van der Waals surface area (Å²) in [4.78, 5) is 2.41. The molecule has 1 aliphatic heterocycles. The van der Waals surface area contributed by atoms with Crippen LogP contribution in [0, 0.1) is 24.2 Å². The topological polar surface area (TPSA) is 15.3 Å². The lowest BCUT2D eigenvalue weighted by atomic mass is 9.85. The number of hydrogen-bond donors (Lipinski definition) is 1. The molecule has 1 heterocycles. The highest BCUT2D eigenvalue weighted by atomic mass is 15.1. The van der Waals surface area contributed by atoms with Crippen LogP contribution in [0.4, 0.5) is 0 Å². The quantitative estimate of drug-likeness (QED) is 0.683. The predicted molar refractivity (Wildman–Crippen MR) is 74.9 cm³/mol. The van der Waals surface area contributed by atoms with Gasteiger partial charge in [0.05, 0.1) is 6.54 Å². The van der Waals surface area contributed by atoms with E-state index in [1.54, 1.807) is 0 Å². The molecule has 1 rings (SSSR count). The largest absolute Gasteiger partial charge is 0.316 e. The fourth-order valence-electron chi connectivity index (χ4n) is 2.70. The maximum Gasteiger partial charge on any atom is 0.0598 e. The second-order valence-electron chi connectivity index (χ2n) is 5.35. The lowest BCUT2D eigenvalue weighted by Crippen LogP contribution is -2.35. The monoisotopic (exact) mass is 236 g/mol. The molecule has 98 valence electrons. The lowest BCUT2D eigenvalue weighted by Gasteiger charge is -2.30. The Morgan fingerprint density at radius 2 is 2.29 bits per heavy atom. The Bertz CT molecular complexity index is 226. The van der Waals surface area contributed by atoms with Crippen molar-refractivity contribution in [1.82, 2.24) is 10.2 Å². The zero-order valence-electron chi connectivity index (χ0n) is 11.5. The molecule has 1 N–H and O–H groups in total. The van der Waals surface area contributed by atoms with Crippen molar-refractivity contribution in [3.05, 3.63) is 0 Å². The fourth-order valence-corrected chi connectivity index (χ4v) is 2.70. The average molecular weight is 236 g/mol. The minimum Gasteiger partial charge on any atom is -0.316 e. The maximum absolute atomic E-state index is 5.41. The van der Waals surface area contributed by atoms with Crippen LogP contribution in [0.15, 0.2) is 0 Å². The zero-order chi connectivity index (χ0) is 12.5. The average Bonchev–Trinajstić information content (AvgIpc) is 2.37. The van der Waals surface area contributed by atoms with Gasteiger partial charge in [-0.15, -0.1) is 6.42 Å². The van der Waals surface area contributed by atoms with Crippen molar-refractivity contribution >= 4 is 0 Å². The van der Waals surface area contributed by atoms with Crippen molar-refractivity contribution in [1.29, 1.82) is 0 Å². The first-order valence-corrected chi connectivity index (χ1v) is 7.14. The van der Waals surface area contributed by atoms with E-state index in [2.05, 4.69) is 30.0 Å². The van der Waals surface area contributed by atoms with E-state index in [4.69, 9.17) is 6.42 Å². The van der Waals surface area contributed by atoms with Crippen LogP contribution in [-0.2, 0) is 0 Å². The number of terminal acetylenes is 1. The number of nitrogens with one attached hydrogen (secondary N) is 1. The van der Waals surface area contributed by atoms with Crippen LogP contribution in [0.5, 0.6) is 0 Å². The Morgan fingerprint density at radius 1 is 1.47 bits per heavy atom. The van der Waals surface area contributed by atoms with Gasteiger partial charge in [-0.25, -0.2) is 0 Å². The summed E-state index contributed by atoms with van der Waals surface area (Å²) in [6.45, 7) is 10.2. The molecule has 0 aromatic heterocycles. The molecule has 0 spiro atoms. The Hall–Kier alpha value is -0.520. The molecule has 0 aromatic rings. The van der Waals surface area contributed by atoms with Crippen molar-refractivity contribution in [3.8, 4) is 12.3 Å². The van der Waals surface area contributed by atoms with Gasteiger partial charge in [-0.1, -0.05) is 19.8 Å². The smallest absolute Gasteiger partial charge is 0.0598 e. The highest BCUT2D eigenvalue weighted by Gasteiger charge is 2.19. The third kappa shape index (κ3) is 5.57. The van der Waals surface area contributed by atoms with E-state index in [0.29, 0.717) is 0 Å². The second-order valence-corrected chi connectivity index (χ2v) is 5.35. The van der Waals surface area contributed by atoms with Gasteiger partial charge < -0.3 is 5.32 Å². The summed E-state index contributed by atoms with van der Waals surface area (Å²) in [5.74, 6) is 4.46. The molecule has 0 saturated carbocycles. The Morgan fingerprint density at radius 3 is 2.88 bits per heavy atom. The first-order chi connectivity index (χ1) is 8.27. The molecule has 2 unspecified atom stereocenters. The zero-order valence-corrected chi connectivity index (χ0v) is 11.5. The molecule has 1 fully saturated rings. The van der Waals surface area contributed by atoms with E-state index < -0.39 is 0 Å². The first kappa shape index (κ1) is 14.5. The molecule has 0 bridgehead atoms. The molecule has 2 nitrogen and oxygen atoms in total. The van der Waals surface area contributed by atoms with Gasteiger partial charge in [0.15, 0.2) is 0 Å². The van der Waals surface area contributed by atoms with Crippen LogP contribution in [-0.4, -0.2) is 37.6 Å². The van der Waals surface area contributed by atoms with Crippen molar-refractivity contribution in [2.45, 2.75) is 39.5 Å². The van der Waals surface area contributed by atoms with Gasteiger partial charge in [0.25, 0.3) is 0 Å². The molecule has 1 aliphatic rings.